The first-order valence-corrected chi connectivity index (χ1v) is 6.53. The van der Waals surface area contributed by atoms with E-state index >= 15 is 0 Å². The molecule has 1 atom stereocenters. The van der Waals surface area contributed by atoms with Crippen LogP contribution in [0.3, 0.4) is 0 Å². The van der Waals surface area contributed by atoms with Gasteiger partial charge in [-0.25, -0.2) is 0 Å². The van der Waals surface area contributed by atoms with Crippen LogP contribution in [-0.2, 0) is 0 Å². The van der Waals surface area contributed by atoms with Gasteiger partial charge in [0.2, 0.25) is 0 Å². The fourth-order valence-electron chi connectivity index (χ4n) is 1.94. The van der Waals surface area contributed by atoms with Crippen molar-refractivity contribution in [2.75, 3.05) is 11.9 Å². The lowest BCUT2D eigenvalue weighted by molar-refractivity contribution is 0.0947. The second-order valence-corrected chi connectivity index (χ2v) is 5.57. The summed E-state index contributed by atoms with van der Waals surface area (Å²) in [5, 5.41) is 6.31. The van der Waals surface area contributed by atoms with Gasteiger partial charge >= 0.3 is 0 Å². The number of carbonyl (C=O) groups excluding carboxylic acids is 1. The van der Waals surface area contributed by atoms with Gasteiger partial charge in [0.15, 0.2) is 0 Å². The molecule has 18 heavy (non-hydrogen) atoms. The van der Waals surface area contributed by atoms with Gasteiger partial charge in [-0.3, -0.25) is 9.78 Å². The molecule has 1 aliphatic rings. The van der Waals surface area contributed by atoms with Crippen LogP contribution in [0.15, 0.2) is 18.5 Å². The molecule has 0 spiro atoms. The highest BCUT2D eigenvalue weighted by Crippen LogP contribution is 2.44. The lowest BCUT2D eigenvalue weighted by Gasteiger charge is -2.11. The van der Waals surface area contributed by atoms with Crippen LogP contribution in [0.5, 0.6) is 0 Å². The first-order valence-electron chi connectivity index (χ1n) is 6.53. The maximum atomic E-state index is 12.2. The van der Waals surface area contributed by atoms with Crippen molar-refractivity contribution in [3.8, 4) is 0 Å². The number of amides is 1. The Hall–Kier alpha value is -1.58. The molecule has 4 nitrogen and oxygen atoms in total. The van der Waals surface area contributed by atoms with E-state index in [9.17, 15) is 4.79 Å². The van der Waals surface area contributed by atoms with Gasteiger partial charge in [-0.15, -0.1) is 0 Å². The second-order valence-electron chi connectivity index (χ2n) is 5.57. The van der Waals surface area contributed by atoms with Crippen molar-refractivity contribution in [2.24, 2.45) is 5.41 Å². The molecule has 1 amide bonds. The third kappa shape index (κ3) is 2.81. The fourth-order valence-corrected chi connectivity index (χ4v) is 1.94. The number of pyridine rings is 1. The number of aromatic nitrogens is 1. The Morgan fingerprint density at radius 1 is 1.56 bits per heavy atom. The third-order valence-corrected chi connectivity index (χ3v) is 3.45. The van der Waals surface area contributed by atoms with E-state index in [2.05, 4.69) is 36.4 Å². The molecular formula is C14H21N3O. The van der Waals surface area contributed by atoms with Crippen molar-refractivity contribution in [1.29, 1.82) is 0 Å². The quantitative estimate of drug-likeness (QED) is 0.840. The highest BCUT2D eigenvalue weighted by molar-refractivity contribution is 5.99. The zero-order valence-electron chi connectivity index (χ0n) is 11.3. The van der Waals surface area contributed by atoms with Crippen molar-refractivity contribution in [1.82, 2.24) is 10.3 Å². The van der Waals surface area contributed by atoms with Gasteiger partial charge in [-0.05, 0) is 24.3 Å². The van der Waals surface area contributed by atoms with Gasteiger partial charge in [-0.2, -0.15) is 0 Å². The first kappa shape index (κ1) is 12.9. The summed E-state index contributed by atoms with van der Waals surface area (Å²) in [6.45, 7) is 7.28. The predicted octanol–water partition coefficient (Wildman–Crippen LogP) is 2.43. The van der Waals surface area contributed by atoms with Gasteiger partial charge in [-0.1, -0.05) is 20.8 Å². The van der Waals surface area contributed by atoms with E-state index in [-0.39, 0.29) is 11.3 Å². The van der Waals surface area contributed by atoms with Crippen LogP contribution in [0.4, 0.5) is 5.69 Å². The molecule has 98 valence electrons. The molecule has 1 heterocycles. The molecule has 0 aromatic carbocycles. The van der Waals surface area contributed by atoms with Crippen molar-refractivity contribution in [3.05, 3.63) is 24.0 Å². The van der Waals surface area contributed by atoms with E-state index in [1.165, 1.54) is 0 Å². The molecule has 0 radical (unpaired) electrons. The highest BCUT2D eigenvalue weighted by atomic mass is 16.1. The van der Waals surface area contributed by atoms with Crippen LogP contribution >= 0.6 is 0 Å². The SMILES string of the molecule is CCCNc1cnccc1C(=O)NC1CC1(C)C. The monoisotopic (exact) mass is 247 g/mol. The maximum Gasteiger partial charge on any atom is 0.253 e. The minimum Gasteiger partial charge on any atom is -0.383 e. The number of nitrogens with zero attached hydrogens (tertiary/aromatic N) is 1. The van der Waals surface area contributed by atoms with E-state index < -0.39 is 0 Å². The number of hydrogen-bond acceptors (Lipinski definition) is 3. The molecule has 1 unspecified atom stereocenters. The van der Waals surface area contributed by atoms with Crippen LogP contribution in [0.25, 0.3) is 0 Å². The molecule has 1 aromatic heterocycles. The summed E-state index contributed by atoms with van der Waals surface area (Å²) >= 11 is 0. The topological polar surface area (TPSA) is 54.0 Å². The Kier molecular flexibility index (Phi) is 3.55. The van der Waals surface area contributed by atoms with Crippen LogP contribution in [0.1, 0.15) is 44.0 Å². The first-order chi connectivity index (χ1) is 8.54. The van der Waals surface area contributed by atoms with Crippen molar-refractivity contribution in [3.63, 3.8) is 0 Å². The lowest BCUT2D eigenvalue weighted by atomic mass is 10.1. The normalized spacial score (nSPS) is 20.3. The molecule has 1 saturated carbocycles. The highest BCUT2D eigenvalue weighted by Gasteiger charge is 2.46. The van der Waals surface area contributed by atoms with Crippen LogP contribution in [0, 0.1) is 5.41 Å². The summed E-state index contributed by atoms with van der Waals surface area (Å²) in [6, 6.07) is 2.07. The number of nitrogens with one attached hydrogen (secondary N) is 2. The average molecular weight is 247 g/mol. The summed E-state index contributed by atoms with van der Waals surface area (Å²) in [7, 11) is 0. The van der Waals surface area contributed by atoms with Gasteiger partial charge in [0.05, 0.1) is 17.4 Å². The zero-order valence-corrected chi connectivity index (χ0v) is 11.3. The van der Waals surface area contributed by atoms with E-state index in [4.69, 9.17) is 0 Å². The minimum atomic E-state index is -0.00780. The molecule has 2 N–H and O–H groups in total. The summed E-state index contributed by atoms with van der Waals surface area (Å²) in [6.07, 6.45) is 5.44. The number of carbonyl (C=O) groups is 1. The summed E-state index contributed by atoms with van der Waals surface area (Å²) in [5.74, 6) is -0.00780. The summed E-state index contributed by atoms with van der Waals surface area (Å²) < 4.78 is 0. The van der Waals surface area contributed by atoms with Crippen LogP contribution < -0.4 is 10.6 Å². The molecule has 0 bridgehead atoms. The predicted molar refractivity (Wildman–Crippen MR) is 72.7 cm³/mol. The van der Waals surface area contributed by atoms with E-state index in [0.717, 1.165) is 25.1 Å². The molecule has 0 aliphatic heterocycles. The molecule has 1 fully saturated rings. The Labute approximate surface area is 108 Å². The van der Waals surface area contributed by atoms with Crippen LogP contribution in [-0.4, -0.2) is 23.5 Å². The van der Waals surface area contributed by atoms with Gasteiger partial charge in [0, 0.05) is 18.8 Å². The second kappa shape index (κ2) is 4.96. The molecule has 4 heteroatoms. The molecule has 0 saturated heterocycles. The van der Waals surface area contributed by atoms with E-state index in [1.807, 2.05) is 0 Å². The third-order valence-electron chi connectivity index (χ3n) is 3.45. The number of rotatable bonds is 5. The average Bonchev–Trinajstić information content (AvgIpc) is 2.94. The van der Waals surface area contributed by atoms with Gasteiger partial charge in [0.1, 0.15) is 0 Å². The van der Waals surface area contributed by atoms with Crippen molar-refractivity contribution < 1.29 is 4.79 Å². The van der Waals surface area contributed by atoms with Gasteiger partial charge in [0.25, 0.3) is 5.91 Å². The Morgan fingerprint density at radius 3 is 2.89 bits per heavy atom. The van der Waals surface area contributed by atoms with E-state index in [0.29, 0.717) is 11.6 Å². The van der Waals surface area contributed by atoms with E-state index in [1.54, 1.807) is 18.5 Å². The standard InChI is InChI=1S/C14H21N3O/c1-4-6-16-11-9-15-7-5-10(11)13(18)17-12-8-14(12,2)3/h5,7,9,12,16H,4,6,8H2,1-3H3,(H,17,18). The summed E-state index contributed by atoms with van der Waals surface area (Å²) in [4.78, 5) is 16.2. The Balaban J connectivity index is 2.05. The van der Waals surface area contributed by atoms with Crippen LogP contribution in [0.2, 0.25) is 0 Å². The number of anilines is 1. The smallest absolute Gasteiger partial charge is 0.253 e. The fraction of sp³-hybridized carbons (Fsp3) is 0.571. The largest absolute Gasteiger partial charge is 0.383 e. The minimum absolute atomic E-state index is 0.00780. The Bertz CT molecular complexity index is 442. The lowest BCUT2D eigenvalue weighted by Crippen LogP contribution is -2.29. The van der Waals surface area contributed by atoms with Crippen molar-refractivity contribution in [2.45, 2.75) is 39.7 Å². The molecule has 2 rings (SSSR count). The van der Waals surface area contributed by atoms with Crippen molar-refractivity contribution >= 4 is 11.6 Å². The maximum absolute atomic E-state index is 12.2. The summed E-state index contributed by atoms with van der Waals surface area (Å²) in [5.41, 5.74) is 1.75. The molecular weight excluding hydrogens is 226 g/mol. The zero-order chi connectivity index (χ0) is 13.2. The molecule has 1 aromatic rings. The Morgan fingerprint density at radius 2 is 2.28 bits per heavy atom. The number of hydrogen-bond donors (Lipinski definition) is 2. The molecule has 1 aliphatic carbocycles. The van der Waals surface area contributed by atoms with Gasteiger partial charge < -0.3 is 10.6 Å².